The minimum atomic E-state index is -4.96. The zero-order valence-corrected chi connectivity index (χ0v) is 24.6. The van der Waals surface area contributed by atoms with Crippen molar-refractivity contribution in [2.45, 2.75) is 44.5 Å². The van der Waals surface area contributed by atoms with Crippen molar-refractivity contribution in [1.29, 1.82) is 0 Å². The molecule has 0 amide bonds. The van der Waals surface area contributed by atoms with Crippen molar-refractivity contribution in [2.24, 2.45) is 5.41 Å². The molecular formula is C31H30F5N7O3. The summed E-state index contributed by atoms with van der Waals surface area (Å²) >= 11 is 0. The van der Waals surface area contributed by atoms with E-state index in [-0.39, 0.29) is 39.6 Å². The van der Waals surface area contributed by atoms with Crippen molar-refractivity contribution in [2.75, 3.05) is 30.3 Å². The summed E-state index contributed by atoms with van der Waals surface area (Å²) in [7, 11) is 0. The molecule has 2 aromatic carbocycles. The van der Waals surface area contributed by atoms with Crippen LogP contribution < -0.4 is 20.7 Å². The number of carboxylic acid groups (broad SMARTS) is 1. The second-order valence-electron chi connectivity index (χ2n) is 11.7. The maximum Gasteiger partial charge on any atom is 0.429 e. The molecule has 4 aromatic rings. The number of nitrogens with one attached hydrogen (secondary N) is 1. The van der Waals surface area contributed by atoms with Gasteiger partial charge in [0.05, 0.1) is 11.4 Å². The second-order valence-corrected chi connectivity index (χ2v) is 11.7. The molecule has 0 saturated carbocycles. The first-order chi connectivity index (χ1) is 21.8. The first-order valence-corrected chi connectivity index (χ1v) is 14.5. The Morgan fingerprint density at radius 3 is 2.41 bits per heavy atom. The molecule has 6 rings (SSSR count). The van der Waals surface area contributed by atoms with Crippen LogP contribution in [-0.2, 0) is 4.79 Å². The number of carboxylic acids is 1. The van der Waals surface area contributed by atoms with Crippen LogP contribution in [0, 0.1) is 24.0 Å². The number of halogens is 5. The number of hydrogen-bond donors (Lipinski definition) is 3. The van der Waals surface area contributed by atoms with E-state index in [9.17, 15) is 31.9 Å². The number of anilines is 2. The largest absolute Gasteiger partial charge is 0.480 e. The molecule has 0 bridgehead atoms. The van der Waals surface area contributed by atoms with E-state index < -0.39 is 41.8 Å². The van der Waals surface area contributed by atoms with Gasteiger partial charge in [-0.1, -0.05) is 12.1 Å². The average Bonchev–Trinajstić information content (AvgIpc) is 3.63. The number of aromatic nitrogens is 4. The summed E-state index contributed by atoms with van der Waals surface area (Å²) in [6.07, 6.45) is -4.23. The summed E-state index contributed by atoms with van der Waals surface area (Å²) in [5, 5.41) is 16.7. The highest BCUT2D eigenvalue weighted by Gasteiger charge is 2.46. The Kier molecular flexibility index (Phi) is 8.04. The lowest BCUT2D eigenvalue weighted by atomic mass is 9.76. The maximum absolute atomic E-state index is 14.9. The zero-order valence-electron chi connectivity index (χ0n) is 24.6. The monoisotopic (exact) mass is 643 g/mol. The van der Waals surface area contributed by atoms with Gasteiger partial charge in [-0.05, 0) is 73.1 Å². The van der Waals surface area contributed by atoms with Crippen molar-refractivity contribution in [3.05, 3.63) is 77.6 Å². The highest BCUT2D eigenvalue weighted by atomic mass is 19.4. The minimum absolute atomic E-state index is 0.0511. The maximum atomic E-state index is 14.9. The summed E-state index contributed by atoms with van der Waals surface area (Å²) in [6.45, 7) is 3.20. The van der Waals surface area contributed by atoms with Gasteiger partial charge in [-0.15, -0.1) is 0 Å². The van der Waals surface area contributed by atoms with Gasteiger partial charge in [0.2, 0.25) is 17.9 Å². The minimum Gasteiger partial charge on any atom is -0.480 e. The van der Waals surface area contributed by atoms with E-state index in [0.717, 1.165) is 12.1 Å². The highest BCUT2D eigenvalue weighted by Crippen LogP contribution is 2.43. The van der Waals surface area contributed by atoms with Crippen LogP contribution in [0.15, 0.2) is 54.7 Å². The number of piperidine rings is 1. The van der Waals surface area contributed by atoms with Crippen LogP contribution in [0.2, 0.25) is 0 Å². The summed E-state index contributed by atoms with van der Waals surface area (Å²) < 4.78 is 79.1. The molecule has 2 fully saturated rings. The number of alkyl halides is 3. The molecule has 4 N–H and O–H groups in total. The second kappa shape index (κ2) is 11.9. The van der Waals surface area contributed by atoms with E-state index in [0.29, 0.717) is 44.6 Å². The highest BCUT2D eigenvalue weighted by molar-refractivity contribution is 5.74. The van der Waals surface area contributed by atoms with E-state index in [1.807, 2.05) is 4.90 Å². The number of nitrogen functional groups attached to an aromatic ring is 1. The number of aryl methyl sites for hydroxylation is 1. The van der Waals surface area contributed by atoms with Crippen LogP contribution >= 0.6 is 0 Å². The predicted octanol–water partition coefficient (Wildman–Crippen LogP) is 5.21. The van der Waals surface area contributed by atoms with Gasteiger partial charge in [0.25, 0.3) is 0 Å². The molecule has 1 unspecified atom stereocenters. The number of aliphatic carboxylic acids is 1. The fourth-order valence-corrected chi connectivity index (χ4v) is 6.14. The fourth-order valence-electron chi connectivity index (χ4n) is 6.14. The summed E-state index contributed by atoms with van der Waals surface area (Å²) in [5.41, 5.74) is 6.36. The molecule has 4 heterocycles. The van der Waals surface area contributed by atoms with Crippen LogP contribution in [-0.4, -0.2) is 62.7 Å². The van der Waals surface area contributed by atoms with Gasteiger partial charge in [0, 0.05) is 37.5 Å². The molecule has 2 aliphatic rings. The van der Waals surface area contributed by atoms with Crippen molar-refractivity contribution >= 4 is 17.7 Å². The topological polar surface area (TPSA) is 131 Å². The Morgan fingerprint density at radius 2 is 1.78 bits per heavy atom. The van der Waals surface area contributed by atoms with Crippen LogP contribution in [0.3, 0.4) is 0 Å². The lowest BCUT2D eigenvalue weighted by Gasteiger charge is -2.39. The van der Waals surface area contributed by atoms with Gasteiger partial charge in [-0.2, -0.15) is 28.2 Å². The molecule has 2 aliphatic heterocycles. The Hall–Kier alpha value is -4.79. The number of nitrogens with two attached hydrogens (primary N) is 1. The van der Waals surface area contributed by atoms with E-state index in [4.69, 9.17) is 10.5 Å². The number of hydrogen-bond acceptors (Lipinski definition) is 8. The number of benzene rings is 2. The molecule has 2 saturated heterocycles. The first kappa shape index (κ1) is 31.2. The normalized spacial score (nSPS) is 18.6. The van der Waals surface area contributed by atoms with Crippen molar-refractivity contribution < 1.29 is 36.6 Å². The fraction of sp³-hybridized carbons (Fsp3) is 0.355. The zero-order chi connectivity index (χ0) is 32.8. The standard InChI is InChI=1S/C31H30F5N7O3/c1-17-6-9-43(41-17)24-5-3-18(19-2-4-21(32)22(33)13-19)12-20(24)27(31(34,35)36)46-26-14-25(39-29(37)40-26)42-10-7-30(8-11-42)15-23(28(44)45)38-16-30/h2-6,9,12-14,23,27,38H,7-8,10-11,15-16H2,1H3,(H,44,45)(H2,37,39,40)/t23-,27?/m0/s1. The van der Waals surface area contributed by atoms with E-state index >= 15 is 0 Å². The smallest absolute Gasteiger partial charge is 0.429 e. The third-order valence-corrected chi connectivity index (χ3v) is 8.58. The predicted molar refractivity (Wildman–Crippen MR) is 157 cm³/mol. The summed E-state index contributed by atoms with van der Waals surface area (Å²) in [5.74, 6) is -3.56. The molecule has 242 valence electrons. The van der Waals surface area contributed by atoms with Crippen molar-refractivity contribution in [3.8, 4) is 22.7 Å². The Labute approximate surface area is 260 Å². The van der Waals surface area contributed by atoms with E-state index in [1.165, 1.54) is 41.2 Å². The van der Waals surface area contributed by atoms with Gasteiger partial charge in [-0.3, -0.25) is 4.79 Å². The lowest BCUT2D eigenvalue weighted by Crippen LogP contribution is -2.41. The summed E-state index contributed by atoms with van der Waals surface area (Å²) in [6, 6.07) is 9.45. The molecule has 10 nitrogen and oxygen atoms in total. The SMILES string of the molecule is Cc1ccn(-c2ccc(-c3ccc(F)c(F)c3)cc2C(Oc2cc(N3CCC4(CC3)CN[C@H](C(=O)O)C4)nc(N)n2)C(F)(F)F)n1. The third-order valence-electron chi connectivity index (χ3n) is 8.58. The molecule has 0 aliphatic carbocycles. The number of rotatable bonds is 7. The summed E-state index contributed by atoms with van der Waals surface area (Å²) in [4.78, 5) is 21.5. The van der Waals surface area contributed by atoms with Gasteiger partial charge in [0.15, 0.2) is 11.6 Å². The quantitative estimate of drug-likeness (QED) is 0.232. The van der Waals surface area contributed by atoms with E-state index in [1.54, 1.807) is 13.0 Å². The van der Waals surface area contributed by atoms with Crippen LogP contribution in [0.25, 0.3) is 16.8 Å². The van der Waals surface area contributed by atoms with Gasteiger partial charge in [0.1, 0.15) is 11.9 Å². The molecular weight excluding hydrogens is 613 g/mol. The molecule has 1 spiro atoms. The third kappa shape index (κ3) is 6.32. The molecule has 15 heteroatoms. The number of carbonyl (C=O) groups is 1. The first-order valence-electron chi connectivity index (χ1n) is 14.5. The molecule has 2 aromatic heterocycles. The van der Waals surface area contributed by atoms with E-state index in [2.05, 4.69) is 20.4 Å². The molecule has 2 atom stereocenters. The van der Waals surface area contributed by atoms with Crippen LogP contribution in [0.5, 0.6) is 5.88 Å². The molecule has 0 radical (unpaired) electrons. The van der Waals surface area contributed by atoms with Gasteiger partial charge in [-0.25, -0.2) is 13.5 Å². The Bertz CT molecular complexity index is 1770. The molecule has 46 heavy (non-hydrogen) atoms. The average molecular weight is 644 g/mol. The Morgan fingerprint density at radius 1 is 1.07 bits per heavy atom. The van der Waals surface area contributed by atoms with Crippen LogP contribution in [0.1, 0.15) is 36.6 Å². The number of ether oxygens (including phenoxy) is 1. The number of nitrogens with zero attached hydrogens (tertiary/aromatic N) is 5. The van der Waals surface area contributed by atoms with Crippen LogP contribution in [0.4, 0.5) is 33.7 Å². The Balaban J connectivity index is 1.33. The van der Waals surface area contributed by atoms with Crippen molar-refractivity contribution in [3.63, 3.8) is 0 Å². The van der Waals surface area contributed by atoms with Crippen molar-refractivity contribution in [1.82, 2.24) is 25.1 Å². The van der Waals surface area contributed by atoms with Gasteiger partial charge < -0.3 is 25.8 Å². The van der Waals surface area contributed by atoms with Gasteiger partial charge >= 0.3 is 12.1 Å². The lowest BCUT2D eigenvalue weighted by molar-refractivity contribution is -0.198.